The number of nitrogens with zero attached hydrogens (tertiary/aromatic N) is 3. The van der Waals surface area contributed by atoms with E-state index in [9.17, 15) is 0 Å². The van der Waals surface area contributed by atoms with Gasteiger partial charge in [-0.2, -0.15) is 0 Å². The minimum Gasteiger partial charge on any atom is -0.493 e. The van der Waals surface area contributed by atoms with Gasteiger partial charge in [-0.3, -0.25) is 0 Å². The third-order valence-electron chi connectivity index (χ3n) is 4.95. The Balaban J connectivity index is 1.57. The molecule has 0 saturated heterocycles. The SMILES string of the molecule is COc1cc(Nc2ncnc3nc(-c4csc5ccccc45)[nH]c23)cc(OC)c1OC. The highest BCUT2D eigenvalue weighted by Crippen LogP contribution is 2.41. The number of hydrogen-bond acceptors (Lipinski definition) is 8. The van der Waals surface area contributed by atoms with Crippen molar-refractivity contribution in [3.8, 4) is 28.6 Å². The fourth-order valence-corrected chi connectivity index (χ4v) is 4.45. The van der Waals surface area contributed by atoms with Crippen molar-refractivity contribution < 1.29 is 14.2 Å². The summed E-state index contributed by atoms with van der Waals surface area (Å²) in [6.07, 6.45) is 1.49. The van der Waals surface area contributed by atoms with Crippen molar-refractivity contribution in [3.05, 3.63) is 48.1 Å². The normalized spacial score (nSPS) is 11.1. The second-order valence-electron chi connectivity index (χ2n) is 6.69. The third-order valence-corrected chi connectivity index (χ3v) is 5.92. The number of thiophene rings is 1. The Hall–Kier alpha value is -3.85. The van der Waals surface area contributed by atoms with Gasteiger partial charge < -0.3 is 24.5 Å². The van der Waals surface area contributed by atoms with Gasteiger partial charge in [0.25, 0.3) is 0 Å². The van der Waals surface area contributed by atoms with Gasteiger partial charge in [0, 0.05) is 38.8 Å². The molecule has 0 aliphatic heterocycles. The molecule has 156 valence electrons. The van der Waals surface area contributed by atoms with Crippen LogP contribution in [0.1, 0.15) is 0 Å². The van der Waals surface area contributed by atoms with E-state index in [1.807, 2.05) is 24.3 Å². The smallest absolute Gasteiger partial charge is 0.203 e. The van der Waals surface area contributed by atoms with E-state index in [0.29, 0.717) is 34.2 Å². The average molecular weight is 433 g/mol. The molecule has 2 aromatic carbocycles. The van der Waals surface area contributed by atoms with Gasteiger partial charge in [0.1, 0.15) is 17.7 Å². The van der Waals surface area contributed by atoms with Gasteiger partial charge in [-0.05, 0) is 6.07 Å². The van der Waals surface area contributed by atoms with Gasteiger partial charge in [-0.25, -0.2) is 15.0 Å². The molecule has 0 aliphatic rings. The molecule has 5 aromatic rings. The molecule has 31 heavy (non-hydrogen) atoms. The molecule has 0 saturated carbocycles. The topological polar surface area (TPSA) is 94.2 Å². The largest absolute Gasteiger partial charge is 0.493 e. The number of rotatable bonds is 6. The van der Waals surface area contributed by atoms with Crippen molar-refractivity contribution >= 4 is 44.1 Å². The van der Waals surface area contributed by atoms with Crippen LogP contribution >= 0.6 is 11.3 Å². The van der Waals surface area contributed by atoms with Crippen LogP contribution in [0.2, 0.25) is 0 Å². The quantitative estimate of drug-likeness (QED) is 0.389. The number of fused-ring (bicyclic) bond motifs is 2. The molecule has 0 unspecified atom stereocenters. The Labute approximate surface area is 181 Å². The number of hydrogen-bond donors (Lipinski definition) is 2. The predicted octanol–water partition coefficient (Wildman–Crippen LogP) is 5.00. The van der Waals surface area contributed by atoms with Gasteiger partial charge in [0.2, 0.25) is 5.75 Å². The minimum atomic E-state index is 0.525. The molecule has 0 bridgehead atoms. The van der Waals surface area contributed by atoms with Gasteiger partial charge in [-0.15, -0.1) is 11.3 Å². The number of nitrogens with one attached hydrogen (secondary N) is 2. The summed E-state index contributed by atoms with van der Waals surface area (Å²) in [4.78, 5) is 16.8. The first-order valence-corrected chi connectivity index (χ1v) is 10.3. The third kappa shape index (κ3) is 3.28. The highest BCUT2D eigenvalue weighted by molar-refractivity contribution is 7.17. The van der Waals surface area contributed by atoms with Crippen LogP contribution in [-0.4, -0.2) is 41.3 Å². The van der Waals surface area contributed by atoms with Crippen LogP contribution in [0.4, 0.5) is 11.5 Å². The number of imidazole rings is 1. The first-order chi connectivity index (χ1) is 15.2. The number of aromatic amines is 1. The molecule has 8 nitrogen and oxygen atoms in total. The Kier molecular flexibility index (Phi) is 4.79. The molecule has 0 aliphatic carbocycles. The molecule has 2 N–H and O–H groups in total. The van der Waals surface area contributed by atoms with Gasteiger partial charge in [-0.1, -0.05) is 18.2 Å². The molecule has 0 atom stereocenters. The summed E-state index contributed by atoms with van der Waals surface area (Å²) in [5.41, 5.74) is 3.06. The summed E-state index contributed by atoms with van der Waals surface area (Å²) >= 11 is 1.69. The Morgan fingerprint density at radius 3 is 2.48 bits per heavy atom. The van der Waals surface area contributed by atoms with Crippen LogP contribution in [0, 0.1) is 0 Å². The molecule has 9 heteroatoms. The summed E-state index contributed by atoms with van der Waals surface area (Å²) in [7, 11) is 4.73. The van der Waals surface area contributed by atoms with Crippen LogP contribution in [0.15, 0.2) is 48.1 Å². The lowest BCUT2D eigenvalue weighted by atomic mass is 10.2. The number of anilines is 2. The van der Waals surface area contributed by atoms with E-state index in [0.717, 1.165) is 22.5 Å². The molecule has 0 radical (unpaired) electrons. The van der Waals surface area contributed by atoms with E-state index in [2.05, 4.69) is 37.8 Å². The maximum Gasteiger partial charge on any atom is 0.203 e. The maximum atomic E-state index is 5.44. The van der Waals surface area contributed by atoms with E-state index in [-0.39, 0.29) is 0 Å². The zero-order chi connectivity index (χ0) is 21.4. The zero-order valence-electron chi connectivity index (χ0n) is 17.1. The first-order valence-electron chi connectivity index (χ1n) is 9.46. The summed E-state index contributed by atoms with van der Waals surface area (Å²) in [5, 5.41) is 6.56. The number of ether oxygens (including phenoxy) is 3. The standard InChI is InChI=1S/C22H19N5O3S/c1-28-15-8-12(9-16(29-2)19(15)30-3)25-21-18-22(24-11-23-21)27-20(26-18)14-10-31-17-7-5-4-6-13(14)17/h4-11H,1-3H3,(H2,23,24,25,26,27). The van der Waals surface area contributed by atoms with Crippen LogP contribution in [0.25, 0.3) is 32.6 Å². The molecular formula is C22H19N5O3S. The molecule has 3 aromatic heterocycles. The highest BCUT2D eigenvalue weighted by atomic mass is 32.1. The lowest BCUT2D eigenvalue weighted by molar-refractivity contribution is 0.324. The van der Waals surface area contributed by atoms with E-state index < -0.39 is 0 Å². The van der Waals surface area contributed by atoms with E-state index in [1.54, 1.807) is 32.7 Å². The zero-order valence-corrected chi connectivity index (χ0v) is 17.9. The Morgan fingerprint density at radius 2 is 1.74 bits per heavy atom. The first kappa shape index (κ1) is 19.1. The van der Waals surface area contributed by atoms with Crippen molar-refractivity contribution in [2.45, 2.75) is 0 Å². The fraction of sp³-hybridized carbons (Fsp3) is 0.136. The summed E-state index contributed by atoms with van der Waals surface area (Å²) in [6.45, 7) is 0. The monoisotopic (exact) mass is 433 g/mol. The average Bonchev–Trinajstić information content (AvgIpc) is 3.43. The molecule has 0 spiro atoms. The maximum absolute atomic E-state index is 5.44. The van der Waals surface area contributed by atoms with Crippen molar-refractivity contribution in [1.29, 1.82) is 0 Å². The number of H-pyrrole nitrogens is 1. The van der Waals surface area contributed by atoms with Crippen molar-refractivity contribution in [1.82, 2.24) is 19.9 Å². The van der Waals surface area contributed by atoms with Crippen molar-refractivity contribution in [2.75, 3.05) is 26.6 Å². The number of aromatic nitrogens is 4. The van der Waals surface area contributed by atoms with Crippen LogP contribution in [0.5, 0.6) is 17.2 Å². The second-order valence-corrected chi connectivity index (χ2v) is 7.60. The minimum absolute atomic E-state index is 0.525. The summed E-state index contributed by atoms with van der Waals surface area (Å²) in [5.74, 6) is 2.96. The lowest BCUT2D eigenvalue weighted by Gasteiger charge is -2.14. The number of methoxy groups -OCH3 is 3. The van der Waals surface area contributed by atoms with E-state index in [4.69, 9.17) is 19.2 Å². The van der Waals surface area contributed by atoms with Crippen LogP contribution in [-0.2, 0) is 0 Å². The number of benzene rings is 2. The predicted molar refractivity (Wildman–Crippen MR) is 122 cm³/mol. The molecular weight excluding hydrogens is 414 g/mol. The highest BCUT2D eigenvalue weighted by Gasteiger charge is 2.17. The Bertz CT molecular complexity index is 1370. The summed E-state index contributed by atoms with van der Waals surface area (Å²) in [6, 6.07) is 11.9. The fourth-order valence-electron chi connectivity index (χ4n) is 3.50. The van der Waals surface area contributed by atoms with Gasteiger partial charge in [0.05, 0.1) is 21.3 Å². The molecule has 0 fully saturated rings. The van der Waals surface area contributed by atoms with E-state index >= 15 is 0 Å². The lowest BCUT2D eigenvalue weighted by Crippen LogP contribution is -1.99. The molecule has 3 heterocycles. The Morgan fingerprint density at radius 1 is 0.968 bits per heavy atom. The summed E-state index contributed by atoms with van der Waals surface area (Å²) < 4.78 is 17.5. The van der Waals surface area contributed by atoms with Gasteiger partial charge >= 0.3 is 0 Å². The van der Waals surface area contributed by atoms with Crippen LogP contribution in [0.3, 0.4) is 0 Å². The second kappa shape index (κ2) is 7.77. The molecule has 5 rings (SSSR count). The van der Waals surface area contributed by atoms with E-state index in [1.165, 1.54) is 11.0 Å². The molecule has 0 amide bonds. The van der Waals surface area contributed by atoms with Gasteiger partial charge in [0.15, 0.2) is 23.0 Å². The van der Waals surface area contributed by atoms with Crippen molar-refractivity contribution in [3.63, 3.8) is 0 Å². The van der Waals surface area contributed by atoms with Crippen molar-refractivity contribution in [2.24, 2.45) is 0 Å². The van der Waals surface area contributed by atoms with Crippen LogP contribution < -0.4 is 19.5 Å².